The molecule has 8 nitrogen and oxygen atoms in total. The molecule has 31 heavy (non-hydrogen) atoms. The molecule has 4 rings (SSSR count). The molecule has 1 fully saturated rings. The summed E-state index contributed by atoms with van der Waals surface area (Å²) in [5.41, 5.74) is 0.829. The summed E-state index contributed by atoms with van der Waals surface area (Å²) in [5, 5.41) is 15.0. The molecule has 1 aromatic heterocycles. The monoisotopic (exact) mass is 420 g/mol. The number of aromatic nitrogens is 1. The van der Waals surface area contributed by atoms with Crippen molar-refractivity contribution in [3.8, 4) is 11.5 Å². The van der Waals surface area contributed by atoms with Crippen molar-refractivity contribution in [2.45, 2.75) is 13.0 Å². The quantitative estimate of drug-likeness (QED) is 0.382. The van der Waals surface area contributed by atoms with Gasteiger partial charge in [0.05, 0.1) is 19.8 Å². The summed E-state index contributed by atoms with van der Waals surface area (Å²) >= 11 is 0. The number of methoxy groups -OCH3 is 2. The molecule has 1 amide bonds. The molecule has 0 radical (unpaired) electrons. The average Bonchev–Trinajstić information content (AvgIpc) is 3.33. The second-order valence-corrected chi connectivity index (χ2v) is 6.94. The summed E-state index contributed by atoms with van der Waals surface area (Å²) < 4.78 is 15.7. The number of Topliss-reactive ketones (excluding diaryl/α,β-unsaturated/α-hetero) is 1. The minimum atomic E-state index is -0.956. The standard InChI is InChI=1S/C23H20N2O6/c1-13-12-18(24-31-13)25-20(16-6-4-5-7-17(16)30-3)19(22(27)23(25)28)21(26)14-8-10-15(29-2)11-9-14/h4-12,20,26H,1-3H3/b21-19+/t20-/m1/s1. The van der Waals surface area contributed by atoms with Crippen molar-refractivity contribution < 1.29 is 28.7 Å². The Morgan fingerprint density at radius 2 is 1.77 bits per heavy atom. The molecular weight excluding hydrogens is 400 g/mol. The lowest BCUT2D eigenvalue weighted by Gasteiger charge is -2.24. The van der Waals surface area contributed by atoms with E-state index < -0.39 is 17.7 Å². The van der Waals surface area contributed by atoms with E-state index in [1.54, 1.807) is 61.5 Å². The molecule has 2 heterocycles. The van der Waals surface area contributed by atoms with Gasteiger partial charge in [-0.1, -0.05) is 23.4 Å². The minimum absolute atomic E-state index is 0.0691. The Morgan fingerprint density at radius 1 is 1.06 bits per heavy atom. The molecular formula is C23H20N2O6. The van der Waals surface area contributed by atoms with Crippen molar-refractivity contribution in [1.82, 2.24) is 5.16 Å². The molecule has 1 saturated heterocycles. The topological polar surface area (TPSA) is 102 Å². The predicted octanol–water partition coefficient (Wildman–Crippen LogP) is 3.63. The number of ether oxygens (including phenoxy) is 2. The number of hydrogen-bond donors (Lipinski definition) is 1. The van der Waals surface area contributed by atoms with Gasteiger partial charge in [-0.25, -0.2) is 0 Å². The fraction of sp³-hybridized carbons (Fsp3) is 0.174. The number of benzene rings is 2. The Morgan fingerprint density at radius 3 is 2.39 bits per heavy atom. The number of amides is 1. The number of ketones is 1. The predicted molar refractivity (Wildman–Crippen MR) is 112 cm³/mol. The number of para-hydroxylation sites is 1. The van der Waals surface area contributed by atoms with Gasteiger partial charge in [-0.05, 0) is 37.3 Å². The lowest BCUT2D eigenvalue weighted by atomic mass is 9.94. The van der Waals surface area contributed by atoms with Crippen LogP contribution in [0.5, 0.6) is 11.5 Å². The molecule has 1 atom stereocenters. The second-order valence-electron chi connectivity index (χ2n) is 6.94. The molecule has 1 aliphatic rings. The first-order chi connectivity index (χ1) is 15.0. The number of rotatable bonds is 5. The highest BCUT2D eigenvalue weighted by Crippen LogP contribution is 2.44. The van der Waals surface area contributed by atoms with E-state index in [1.807, 2.05) is 0 Å². The third-order valence-corrected chi connectivity index (χ3v) is 5.10. The van der Waals surface area contributed by atoms with Gasteiger partial charge in [0.1, 0.15) is 29.1 Å². The van der Waals surface area contributed by atoms with Crippen LogP contribution in [0.25, 0.3) is 5.76 Å². The number of carbonyl (C=O) groups is 2. The maximum atomic E-state index is 13.1. The average molecular weight is 420 g/mol. The van der Waals surface area contributed by atoms with E-state index in [0.29, 0.717) is 28.4 Å². The highest BCUT2D eigenvalue weighted by Gasteiger charge is 2.49. The number of aryl methyl sites for hydroxylation is 1. The van der Waals surface area contributed by atoms with Crippen LogP contribution in [0.2, 0.25) is 0 Å². The van der Waals surface area contributed by atoms with Crippen LogP contribution in [-0.4, -0.2) is 36.2 Å². The maximum absolute atomic E-state index is 13.1. The molecule has 158 valence electrons. The molecule has 1 aliphatic heterocycles. The highest BCUT2D eigenvalue weighted by molar-refractivity contribution is 6.51. The molecule has 0 saturated carbocycles. The van der Waals surface area contributed by atoms with E-state index >= 15 is 0 Å². The molecule has 8 heteroatoms. The van der Waals surface area contributed by atoms with E-state index in [2.05, 4.69) is 5.16 Å². The van der Waals surface area contributed by atoms with Gasteiger partial charge in [-0.15, -0.1) is 0 Å². The summed E-state index contributed by atoms with van der Waals surface area (Å²) in [7, 11) is 3.02. The number of anilines is 1. The number of carbonyl (C=O) groups excluding carboxylic acids is 2. The third kappa shape index (κ3) is 3.42. The summed E-state index contributed by atoms with van der Waals surface area (Å²) in [4.78, 5) is 27.3. The molecule has 2 aromatic carbocycles. The molecule has 0 unspecified atom stereocenters. The van der Waals surface area contributed by atoms with Crippen molar-refractivity contribution in [3.05, 3.63) is 77.1 Å². The zero-order valence-corrected chi connectivity index (χ0v) is 17.2. The Balaban J connectivity index is 1.95. The van der Waals surface area contributed by atoms with Crippen LogP contribution in [0, 0.1) is 6.92 Å². The van der Waals surface area contributed by atoms with Crippen molar-refractivity contribution in [2.75, 3.05) is 19.1 Å². The van der Waals surface area contributed by atoms with Gasteiger partial charge in [-0.3, -0.25) is 14.5 Å². The van der Waals surface area contributed by atoms with Gasteiger partial charge in [0.25, 0.3) is 5.78 Å². The first-order valence-corrected chi connectivity index (χ1v) is 9.48. The van der Waals surface area contributed by atoms with Gasteiger partial charge in [0, 0.05) is 17.2 Å². The van der Waals surface area contributed by atoms with Gasteiger partial charge < -0.3 is 19.1 Å². The molecule has 0 bridgehead atoms. The number of nitrogens with zero attached hydrogens (tertiary/aromatic N) is 2. The number of hydrogen-bond acceptors (Lipinski definition) is 7. The van der Waals surface area contributed by atoms with Crippen molar-refractivity contribution in [2.24, 2.45) is 0 Å². The first-order valence-electron chi connectivity index (χ1n) is 9.48. The van der Waals surface area contributed by atoms with Crippen LogP contribution in [0.1, 0.15) is 22.9 Å². The van der Waals surface area contributed by atoms with E-state index in [9.17, 15) is 14.7 Å². The molecule has 3 aromatic rings. The van der Waals surface area contributed by atoms with E-state index in [0.717, 1.165) is 0 Å². The van der Waals surface area contributed by atoms with E-state index in [4.69, 9.17) is 14.0 Å². The summed E-state index contributed by atoms with van der Waals surface area (Å²) in [6.45, 7) is 1.68. The second kappa shape index (κ2) is 7.98. The van der Waals surface area contributed by atoms with Gasteiger partial charge in [0.2, 0.25) is 0 Å². The van der Waals surface area contributed by atoms with Crippen molar-refractivity contribution >= 4 is 23.3 Å². The highest BCUT2D eigenvalue weighted by atomic mass is 16.5. The van der Waals surface area contributed by atoms with Gasteiger partial charge in [0.15, 0.2) is 5.82 Å². The van der Waals surface area contributed by atoms with Gasteiger partial charge >= 0.3 is 5.91 Å². The van der Waals surface area contributed by atoms with Crippen LogP contribution in [-0.2, 0) is 9.59 Å². The Labute approximate surface area is 178 Å². The first kappa shape index (κ1) is 20.2. The SMILES string of the molecule is COc1ccc(/C(O)=C2\C(=O)C(=O)N(c3cc(C)on3)[C@@H]2c2ccccc2OC)cc1. The van der Waals surface area contributed by atoms with E-state index in [1.165, 1.54) is 19.1 Å². The van der Waals surface area contributed by atoms with Crippen LogP contribution >= 0.6 is 0 Å². The Hall–Kier alpha value is -4.07. The molecule has 0 aliphatic carbocycles. The summed E-state index contributed by atoms with van der Waals surface area (Å²) in [6, 6.07) is 14.1. The number of aliphatic hydroxyl groups is 1. The summed E-state index contributed by atoms with van der Waals surface area (Å²) in [5.74, 6) is -0.254. The van der Waals surface area contributed by atoms with Crippen LogP contribution in [0.4, 0.5) is 5.82 Å². The maximum Gasteiger partial charge on any atom is 0.301 e. The van der Waals surface area contributed by atoms with E-state index in [-0.39, 0.29) is 17.2 Å². The van der Waals surface area contributed by atoms with Crippen molar-refractivity contribution in [1.29, 1.82) is 0 Å². The Bertz CT molecular complexity index is 1180. The summed E-state index contributed by atoms with van der Waals surface area (Å²) in [6.07, 6.45) is 0. The minimum Gasteiger partial charge on any atom is -0.507 e. The fourth-order valence-electron chi connectivity index (χ4n) is 3.63. The number of aliphatic hydroxyl groups excluding tert-OH is 1. The molecule has 1 N–H and O–H groups in total. The Kier molecular flexibility index (Phi) is 5.21. The smallest absolute Gasteiger partial charge is 0.301 e. The van der Waals surface area contributed by atoms with Gasteiger partial charge in [-0.2, -0.15) is 0 Å². The lowest BCUT2D eigenvalue weighted by Crippen LogP contribution is -2.29. The zero-order chi connectivity index (χ0) is 22.1. The van der Waals surface area contributed by atoms with Crippen molar-refractivity contribution in [3.63, 3.8) is 0 Å². The normalized spacial score (nSPS) is 17.8. The lowest BCUT2D eigenvalue weighted by molar-refractivity contribution is -0.132. The van der Waals surface area contributed by atoms with Crippen LogP contribution < -0.4 is 14.4 Å². The largest absolute Gasteiger partial charge is 0.507 e. The van der Waals surface area contributed by atoms with Crippen LogP contribution in [0.15, 0.2) is 64.7 Å². The third-order valence-electron chi connectivity index (χ3n) is 5.10. The van der Waals surface area contributed by atoms with Crippen LogP contribution in [0.3, 0.4) is 0 Å². The molecule has 0 spiro atoms. The fourth-order valence-corrected chi connectivity index (χ4v) is 3.63. The zero-order valence-electron chi connectivity index (χ0n) is 17.2.